The largest absolute Gasteiger partial charge is 0.269 e. The van der Waals surface area contributed by atoms with E-state index in [1.807, 2.05) is 0 Å². The molecule has 1 aliphatic carbocycles. The minimum atomic E-state index is -2.55. The third kappa shape index (κ3) is 7.62. The van der Waals surface area contributed by atoms with Crippen LogP contribution in [-0.4, -0.2) is 8.07 Å². The van der Waals surface area contributed by atoms with Gasteiger partial charge in [-0.15, -0.1) is 43.6 Å². The summed E-state index contributed by atoms with van der Waals surface area (Å²) in [6.07, 6.45) is 8.19. The van der Waals surface area contributed by atoms with Crippen molar-refractivity contribution in [1.29, 1.82) is 0 Å². The van der Waals surface area contributed by atoms with Crippen LogP contribution < -0.4 is 15.6 Å². The summed E-state index contributed by atoms with van der Waals surface area (Å²) < 4.78 is 0. The van der Waals surface area contributed by atoms with Crippen molar-refractivity contribution in [3.05, 3.63) is 112 Å². The maximum atomic E-state index is 3.74. The zero-order valence-corrected chi connectivity index (χ0v) is 29.4. The van der Waals surface area contributed by atoms with E-state index < -0.39 is 8.07 Å². The first-order chi connectivity index (χ1) is 16.8. The van der Waals surface area contributed by atoms with Crippen LogP contribution in [0.2, 0.25) is 0 Å². The van der Waals surface area contributed by atoms with Gasteiger partial charge in [0, 0.05) is 21.7 Å². The Morgan fingerprint density at radius 3 is 1.31 bits per heavy atom. The van der Waals surface area contributed by atoms with Gasteiger partial charge >= 0.3 is 0 Å². The molecule has 0 saturated carbocycles. The van der Waals surface area contributed by atoms with Gasteiger partial charge in [-0.05, 0) is 34.4 Å². The monoisotopic (exact) mass is 633 g/mol. The molecule has 39 heavy (non-hydrogen) atoms. The van der Waals surface area contributed by atoms with E-state index in [4.69, 9.17) is 0 Å². The average molecular weight is 635 g/mol. The number of benzene rings is 3. The Morgan fingerprint density at radius 2 is 1.00 bits per heavy atom. The summed E-state index contributed by atoms with van der Waals surface area (Å²) in [6.45, 7) is 16.1. The SMILES string of the molecule is CCC1=[C-]CC=C1[Si](c1cccc(C(C)C)c1)(c1cccc(C(C)C)c1)c1cccc(C(C)C)c1.Cl.Cl.Cl.[Ti]. The molecule has 0 fully saturated rings. The fourth-order valence-corrected chi connectivity index (χ4v) is 10.8. The first-order valence-corrected chi connectivity index (χ1v) is 15.4. The molecule has 4 rings (SSSR count). The molecule has 0 amide bonds. The van der Waals surface area contributed by atoms with Gasteiger partial charge in [-0.25, -0.2) is 5.57 Å². The minimum Gasteiger partial charge on any atom is -0.269 e. The fourth-order valence-electron chi connectivity index (χ4n) is 5.55. The van der Waals surface area contributed by atoms with E-state index in [0.29, 0.717) is 17.8 Å². The normalized spacial score (nSPS) is 12.7. The maximum Gasteiger partial charge on any atom is 0.0993 e. The molecule has 0 radical (unpaired) electrons. The van der Waals surface area contributed by atoms with Crippen molar-refractivity contribution in [3.63, 3.8) is 0 Å². The zero-order valence-electron chi connectivity index (χ0n) is 24.4. The van der Waals surface area contributed by atoms with Crippen molar-refractivity contribution >= 4 is 60.9 Å². The van der Waals surface area contributed by atoms with Gasteiger partial charge in [0.15, 0.2) is 0 Å². The Bertz CT molecular complexity index is 1140. The smallest absolute Gasteiger partial charge is 0.0993 e. The summed E-state index contributed by atoms with van der Waals surface area (Å²) in [5, 5.41) is 6.02. The molecular formula is C34H44Cl3SiTi-. The predicted molar refractivity (Wildman–Crippen MR) is 178 cm³/mol. The van der Waals surface area contributed by atoms with Crippen molar-refractivity contribution in [3.8, 4) is 0 Å². The summed E-state index contributed by atoms with van der Waals surface area (Å²) in [5.74, 6) is 1.49. The molecule has 3 aromatic carbocycles. The van der Waals surface area contributed by atoms with Crippen LogP contribution in [0.15, 0.2) is 89.6 Å². The fraction of sp³-hybridized carbons (Fsp3) is 0.353. The second kappa shape index (κ2) is 16.4. The Hall–Kier alpha value is -1.06. The number of allylic oxidation sites excluding steroid dienone is 4. The summed E-state index contributed by atoms with van der Waals surface area (Å²) in [7, 11) is -2.55. The average Bonchev–Trinajstić information content (AvgIpc) is 3.34. The van der Waals surface area contributed by atoms with Gasteiger partial charge in [0.2, 0.25) is 0 Å². The van der Waals surface area contributed by atoms with Gasteiger partial charge in [-0.3, -0.25) is 6.08 Å². The molecule has 210 valence electrons. The molecule has 5 heteroatoms. The van der Waals surface area contributed by atoms with Crippen molar-refractivity contribution in [1.82, 2.24) is 0 Å². The topological polar surface area (TPSA) is 0 Å². The molecule has 0 unspecified atom stereocenters. The van der Waals surface area contributed by atoms with Crippen LogP contribution in [0.25, 0.3) is 0 Å². The Labute approximate surface area is 272 Å². The predicted octanol–water partition coefficient (Wildman–Crippen LogP) is 8.80. The van der Waals surface area contributed by atoms with Crippen LogP contribution in [0.5, 0.6) is 0 Å². The number of hydrogen-bond acceptors (Lipinski definition) is 0. The van der Waals surface area contributed by atoms with Crippen LogP contribution in [0, 0.1) is 6.08 Å². The Kier molecular flexibility index (Phi) is 16.0. The van der Waals surface area contributed by atoms with E-state index in [2.05, 4.69) is 133 Å². The summed E-state index contributed by atoms with van der Waals surface area (Å²) in [4.78, 5) is 0. The summed E-state index contributed by atoms with van der Waals surface area (Å²) in [5.41, 5.74) is 5.67. The molecular weight excluding hydrogens is 591 g/mol. The molecule has 3 aromatic rings. The second-order valence-corrected chi connectivity index (χ2v) is 14.7. The van der Waals surface area contributed by atoms with Gasteiger partial charge in [0.1, 0.15) is 0 Å². The van der Waals surface area contributed by atoms with Crippen LogP contribution in [0.3, 0.4) is 0 Å². The first kappa shape index (κ1) is 37.9. The molecule has 0 aliphatic heterocycles. The summed E-state index contributed by atoms with van der Waals surface area (Å²) >= 11 is 0. The van der Waals surface area contributed by atoms with E-state index in [0.717, 1.165) is 12.8 Å². The molecule has 0 N–H and O–H groups in total. The second-order valence-electron chi connectivity index (χ2n) is 10.9. The van der Waals surface area contributed by atoms with Crippen LogP contribution in [-0.2, 0) is 21.7 Å². The van der Waals surface area contributed by atoms with Gasteiger partial charge in [-0.1, -0.05) is 143 Å². The molecule has 0 saturated heterocycles. The molecule has 0 aromatic heterocycles. The maximum absolute atomic E-state index is 3.74. The third-order valence-electron chi connectivity index (χ3n) is 7.66. The van der Waals surface area contributed by atoms with Gasteiger partial charge in [-0.2, -0.15) is 11.3 Å². The zero-order chi connectivity index (χ0) is 25.2. The molecule has 0 heterocycles. The van der Waals surface area contributed by atoms with Crippen molar-refractivity contribution in [2.75, 3.05) is 0 Å². The van der Waals surface area contributed by atoms with Crippen LogP contribution in [0.1, 0.15) is 95.8 Å². The van der Waals surface area contributed by atoms with Gasteiger partial charge in [0.25, 0.3) is 0 Å². The van der Waals surface area contributed by atoms with E-state index >= 15 is 0 Å². The Morgan fingerprint density at radius 1 is 0.641 bits per heavy atom. The molecule has 0 spiro atoms. The van der Waals surface area contributed by atoms with E-state index in [1.165, 1.54) is 37.8 Å². The number of rotatable bonds is 8. The molecule has 0 atom stereocenters. The van der Waals surface area contributed by atoms with Crippen molar-refractivity contribution < 1.29 is 21.7 Å². The van der Waals surface area contributed by atoms with E-state index in [1.54, 1.807) is 5.20 Å². The molecule has 0 bridgehead atoms. The number of halogens is 3. The minimum absolute atomic E-state index is 0. The van der Waals surface area contributed by atoms with Crippen molar-refractivity contribution in [2.45, 2.75) is 79.1 Å². The van der Waals surface area contributed by atoms with Crippen LogP contribution >= 0.6 is 37.2 Å². The Balaban J connectivity index is 0.00000361. The van der Waals surface area contributed by atoms with E-state index in [-0.39, 0.29) is 58.9 Å². The van der Waals surface area contributed by atoms with E-state index in [9.17, 15) is 0 Å². The van der Waals surface area contributed by atoms with Gasteiger partial charge < -0.3 is 0 Å². The number of hydrogen-bond donors (Lipinski definition) is 0. The third-order valence-corrected chi connectivity index (χ3v) is 12.5. The molecule has 0 nitrogen and oxygen atoms in total. The van der Waals surface area contributed by atoms with Crippen LogP contribution in [0.4, 0.5) is 0 Å². The van der Waals surface area contributed by atoms with Crippen molar-refractivity contribution in [2.24, 2.45) is 0 Å². The quantitative estimate of drug-likeness (QED) is 0.132. The standard InChI is InChI=1S/C34H41Si.3ClH.Ti/c1-8-27-13-12-20-34(27)35(31-17-9-14-28(21-31)24(2)3,32-18-10-15-29(22-32)25(4)5)33-19-11-16-30(23-33)26(6)7;;;;/h9-11,14-26H,8,12H2,1-7H3;3*1H;/q-1;;;;. The molecule has 1 aliphatic rings. The first-order valence-electron chi connectivity index (χ1n) is 13.4. The van der Waals surface area contributed by atoms with Gasteiger partial charge in [0.05, 0.1) is 8.07 Å². The summed E-state index contributed by atoms with van der Waals surface area (Å²) in [6, 6.07) is 28.6.